The van der Waals surface area contributed by atoms with Gasteiger partial charge in [0.1, 0.15) is 4.90 Å². The van der Waals surface area contributed by atoms with Crippen LogP contribution in [0.5, 0.6) is 0 Å². The van der Waals surface area contributed by atoms with Gasteiger partial charge in [-0.3, -0.25) is 0 Å². The molecule has 2 N–H and O–H groups in total. The van der Waals surface area contributed by atoms with E-state index in [4.69, 9.17) is 23.2 Å². The number of nitrogens with zero attached hydrogens (tertiary/aromatic N) is 1. The lowest BCUT2D eigenvalue weighted by molar-refractivity contribution is 0.358. The van der Waals surface area contributed by atoms with Crippen LogP contribution < -0.4 is 10.0 Å². The van der Waals surface area contributed by atoms with E-state index in [1.54, 1.807) is 13.1 Å². The minimum Gasteiger partial charge on any atom is -0.316 e. The zero-order chi connectivity index (χ0) is 16.0. The van der Waals surface area contributed by atoms with Crippen LogP contribution in [0.15, 0.2) is 17.0 Å². The fraction of sp³-hybridized carbons (Fsp3) is 0.538. The molecule has 5 nitrogen and oxygen atoms in total. The normalized spacial score (nSPS) is 12.1. The molecule has 0 radical (unpaired) electrons. The number of rotatable bonds is 8. The maximum atomic E-state index is 12.3. The maximum Gasteiger partial charge on any atom is 0.242 e. The van der Waals surface area contributed by atoms with Crippen molar-refractivity contribution in [1.82, 2.24) is 14.9 Å². The van der Waals surface area contributed by atoms with E-state index in [9.17, 15) is 8.42 Å². The van der Waals surface area contributed by atoms with Gasteiger partial charge in [-0.05, 0) is 38.3 Å². The van der Waals surface area contributed by atoms with Crippen molar-refractivity contribution in [2.75, 3.05) is 33.7 Å². The van der Waals surface area contributed by atoms with Gasteiger partial charge in [0.15, 0.2) is 0 Å². The molecule has 0 bridgehead atoms. The van der Waals surface area contributed by atoms with E-state index in [1.165, 1.54) is 6.07 Å². The van der Waals surface area contributed by atoms with Crippen molar-refractivity contribution < 1.29 is 8.42 Å². The highest BCUT2D eigenvalue weighted by Crippen LogP contribution is 2.29. The third-order valence-electron chi connectivity index (χ3n) is 3.06. The Morgan fingerprint density at radius 2 is 1.95 bits per heavy atom. The van der Waals surface area contributed by atoms with E-state index >= 15 is 0 Å². The van der Waals surface area contributed by atoms with Crippen molar-refractivity contribution in [2.45, 2.75) is 18.4 Å². The van der Waals surface area contributed by atoms with Gasteiger partial charge in [0, 0.05) is 24.7 Å². The van der Waals surface area contributed by atoms with E-state index in [0.29, 0.717) is 30.2 Å². The molecule has 0 aliphatic carbocycles. The first-order chi connectivity index (χ1) is 9.81. The average molecular weight is 354 g/mol. The molecule has 0 fully saturated rings. The van der Waals surface area contributed by atoms with Gasteiger partial charge >= 0.3 is 0 Å². The molecule has 0 amide bonds. The molecular formula is C13H21Cl2N3O2S. The Balaban J connectivity index is 2.97. The lowest BCUT2D eigenvalue weighted by atomic mass is 10.2. The number of benzene rings is 1. The van der Waals surface area contributed by atoms with Crippen molar-refractivity contribution in [3.05, 3.63) is 27.7 Å². The fourth-order valence-corrected chi connectivity index (χ4v) is 3.69. The average Bonchev–Trinajstić information content (AvgIpc) is 2.42. The van der Waals surface area contributed by atoms with E-state index < -0.39 is 10.0 Å². The molecule has 0 heterocycles. The molecule has 0 aliphatic heterocycles. The molecule has 0 saturated heterocycles. The Labute approximate surface area is 136 Å². The summed E-state index contributed by atoms with van der Waals surface area (Å²) >= 11 is 12.2. The van der Waals surface area contributed by atoms with Crippen LogP contribution in [0.1, 0.15) is 12.5 Å². The van der Waals surface area contributed by atoms with Crippen LogP contribution in [-0.2, 0) is 16.6 Å². The molecule has 0 unspecified atom stereocenters. The van der Waals surface area contributed by atoms with Gasteiger partial charge in [-0.2, -0.15) is 0 Å². The Morgan fingerprint density at radius 3 is 2.52 bits per heavy atom. The highest BCUT2D eigenvalue weighted by molar-refractivity contribution is 7.89. The lowest BCUT2D eigenvalue weighted by Gasteiger charge is -2.15. The summed E-state index contributed by atoms with van der Waals surface area (Å²) in [6, 6.07) is 3.03. The van der Waals surface area contributed by atoms with Gasteiger partial charge < -0.3 is 10.2 Å². The van der Waals surface area contributed by atoms with Crippen molar-refractivity contribution in [3.8, 4) is 0 Å². The van der Waals surface area contributed by atoms with E-state index in [-0.39, 0.29) is 9.92 Å². The van der Waals surface area contributed by atoms with Crippen molar-refractivity contribution in [2.24, 2.45) is 0 Å². The van der Waals surface area contributed by atoms with Gasteiger partial charge in [-0.25, -0.2) is 13.1 Å². The van der Waals surface area contributed by atoms with Crippen LogP contribution in [-0.4, -0.2) is 47.0 Å². The summed E-state index contributed by atoms with van der Waals surface area (Å²) in [6.45, 7) is 4.24. The number of nitrogens with one attached hydrogen (secondary N) is 2. The highest BCUT2D eigenvalue weighted by Gasteiger charge is 2.20. The lowest BCUT2D eigenvalue weighted by Crippen LogP contribution is -2.33. The molecule has 1 rings (SSSR count). The predicted molar refractivity (Wildman–Crippen MR) is 87.6 cm³/mol. The molecule has 0 aliphatic rings. The first-order valence-corrected chi connectivity index (χ1v) is 8.86. The predicted octanol–water partition coefficient (Wildman–Crippen LogP) is 1.94. The smallest absolute Gasteiger partial charge is 0.242 e. The Hall–Kier alpha value is -0.370. The molecule has 1 aromatic carbocycles. The summed E-state index contributed by atoms with van der Waals surface area (Å²) < 4.78 is 27.2. The van der Waals surface area contributed by atoms with E-state index in [2.05, 4.69) is 10.0 Å². The van der Waals surface area contributed by atoms with Gasteiger partial charge in [0.25, 0.3) is 0 Å². The van der Waals surface area contributed by atoms with Crippen LogP contribution in [0.25, 0.3) is 0 Å². The quantitative estimate of drug-likeness (QED) is 0.749. The standard InChI is InChI=1S/C13H21Cl2N3O2S/c1-4-18(3)6-5-17-21(19,20)12-8-11(14)7-10(9-16-2)13(12)15/h7-8,16-17H,4-6,9H2,1-3H3. The summed E-state index contributed by atoms with van der Waals surface area (Å²) in [5, 5.41) is 3.47. The molecule has 0 saturated carbocycles. The molecule has 8 heteroatoms. The summed E-state index contributed by atoms with van der Waals surface area (Å²) in [4.78, 5) is 2.02. The summed E-state index contributed by atoms with van der Waals surface area (Å²) in [5.41, 5.74) is 0.651. The van der Waals surface area contributed by atoms with Crippen molar-refractivity contribution >= 4 is 33.2 Å². The zero-order valence-electron chi connectivity index (χ0n) is 12.4. The summed E-state index contributed by atoms with van der Waals surface area (Å²) in [7, 11) is -0.00247. The van der Waals surface area contributed by atoms with E-state index in [0.717, 1.165) is 6.54 Å². The Kier molecular flexibility index (Phi) is 7.39. The van der Waals surface area contributed by atoms with Crippen LogP contribution in [0.4, 0.5) is 0 Å². The third-order valence-corrected chi connectivity index (χ3v) is 5.32. The second kappa shape index (κ2) is 8.31. The number of sulfonamides is 1. The summed E-state index contributed by atoms with van der Waals surface area (Å²) in [5.74, 6) is 0. The van der Waals surface area contributed by atoms with Crippen LogP contribution in [0.2, 0.25) is 10.0 Å². The third kappa shape index (κ3) is 5.39. The zero-order valence-corrected chi connectivity index (χ0v) is 14.7. The first kappa shape index (κ1) is 18.7. The fourth-order valence-electron chi connectivity index (χ4n) is 1.74. The van der Waals surface area contributed by atoms with Crippen LogP contribution in [0, 0.1) is 0 Å². The van der Waals surface area contributed by atoms with Gasteiger partial charge in [-0.15, -0.1) is 0 Å². The molecule has 1 aromatic rings. The van der Waals surface area contributed by atoms with Gasteiger partial charge in [0.05, 0.1) is 5.02 Å². The number of halogens is 2. The van der Waals surface area contributed by atoms with Crippen LogP contribution >= 0.6 is 23.2 Å². The SMILES string of the molecule is CCN(C)CCNS(=O)(=O)c1cc(Cl)cc(CNC)c1Cl. The maximum absolute atomic E-state index is 12.3. The van der Waals surface area contributed by atoms with Crippen molar-refractivity contribution in [3.63, 3.8) is 0 Å². The largest absolute Gasteiger partial charge is 0.316 e. The highest BCUT2D eigenvalue weighted by atomic mass is 35.5. The molecule has 120 valence electrons. The molecule has 0 aromatic heterocycles. The van der Waals surface area contributed by atoms with Crippen molar-refractivity contribution in [1.29, 1.82) is 0 Å². The Morgan fingerprint density at radius 1 is 1.29 bits per heavy atom. The number of hydrogen-bond acceptors (Lipinski definition) is 4. The minimum atomic E-state index is -3.68. The molecular weight excluding hydrogens is 333 g/mol. The first-order valence-electron chi connectivity index (χ1n) is 6.62. The summed E-state index contributed by atoms with van der Waals surface area (Å²) in [6.07, 6.45) is 0. The molecule has 21 heavy (non-hydrogen) atoms. The second-order valence-electron chi connectivity index (χ2n) is 4.70. The molecule has 0 atom stereocenters. The van der Waals surface area contributed by atoms with Gasteiger partial charge in [0.2, 0.25) is 10.0 Å². The number of hydrogen-bond donors (Lipinski definition) is 2. The molecule has 0 spiro atoms. The van der Waals surface area contributed by atoms with Crippen LogP contribution in [0.3, 0.4) is 0 Å². The monoisotopic (exact) mass is 353 g/mol. The van der Waals surface area contributed by atoms with Gasteiger partial charge in [-0.1, -0.05) is 30.1 Å². The topological polar surface area (TPSA) is 61.4 Å². The minimum absolute atomic E-state index is 0.0149. The number of likely N-dealkylation sites (N-methyl/N-ethyl adjacent to an activating group) is 1. The second-order valence-corrected chi connectivity index (χ2v) is 7.25. The van der Waals surface area contributed by atoms with E-state index in [1.807, 2.05) is 18.9 Å². The Bertz CT molecular complexity index is 579.